The van der Waals surface area contributed by atoms with Crippen LogP contribution in [-0.4, -0.2) is 29.1 Å². The van der Waals surface area contributed by atoms with Crippen LogP contribution in [0.5, 0.6) is 11.5 Å². The van der Waals surface area contributed by atoms with Crippen molar-refractivity contribution in [2.75, 3.05) is 13.2 Å². The Kier molecular flexibility index (Phi) is 4.65. The second kappa shape index (κ2) is 7.04. The number of primary amides is 1. The molecule has 0 radical (unpaired) electrons. The third kappa shape index (κ3) is 3.60. The first-order chi connectivity index (χ1) is 12.1. The van der Waals surface area contributed by atoms with E-state index >= 15 is 0 Å². The van der Waals surface area contributed by atoms with E-state index in [1.165, 1.54) is 0 Å². The highest BCUT2D eigenvalue weighted by molar-refractivity contribution is 5.79. The first kappa shape index (κ1) is 16.5. The van der Waals surface area contributed by atoms with Crippen LogP contribution in [0, 0.1) is 0 Å². The number of nitrogens with zero attached hydrogens (tertiary/aromatic N) is 1. The van der Waals surface area contributed by atoms with Crippen LogP contribution in [-0.2, 0) is 4.79 Å². The largest absolute Gasteiger partial charge is 0.490 e. The third-order valence-electron chi connectivity index (χ3n) is 3.50. The summed E-state index contributed by atoms with van der Waals surface area (Å²) in [5, 5.41) is 0.526. The topological polar surface area (TPSA) is 107 Å². The fourth-order valence-electron chi connectivity index (χ4n) is 2.41. The van der Waals surface area contributed by atoms with Gasteiger partial charge in [-0.3, -0.25) is 9.59 Å². The molecule has 2 aromatic carbocycles. The van der Waals surface area contributed by atoms with E-state index in [1.807, 2.05) is 13.0 Å². The maximum Gasteiger partial charge on any atom is 0.259 e. The Balaban J connectivity index is 2.03. The van der Waals surface area contributed by atoms with Gasteiger partial charge in [0.05, 0.1) is 17.5 Å². The molecule has 0 fully saturated rings. The Morgan fingerprint density at radius 3 is 2.72 bits per heavy atom. The molecule has 7 nitrogen and oxygen atoms in total. The molecular formula is C18H17N3O4. The number of aromatic nitrogens is 2. The molecule has 1 aromatic heterocycles. The molecule has 3 aromatic rings. The zero-order valence-corrected chi connectivity index (χ0v) is 13.6. The highest BCUT2D eigenvalue weighted by Crippen LogP contribution is 2.31. The maximum absolute atomic E-state index is 12.2. The number of para-hydroxylation sites is 1. The van der Waals surface area contributed by atoms with E-state index in [9.17, 15) is 9.59 Å². The van der Waals surface area contributed by atoms with Gasteiger partial charge in [-0.2, -0.15) is 0 Å². The van der Waals surface area contributed by atoms with E-state index < -0.39 is 5.91 Å². The van der Waals surface area contributed by atoms with Gasteiger partial charge in [-0.15, -0.1) is 0 Å². The number of benzene rings is 2. The first-order valence-electron chi connectivity index (χ1n) is 7.76. The number of H-pyrrole nitrogens is 1. The molecule has 1 heterocycles. The molecule has 0 atom stereocenters. The molecule has 3 rings (SSSR count). The minimum Gasteiger partial charge on any atom is -0.490 e. The lowest BCUT2D eigenvalue weighted by Crippen LogP contribution is -2.20. The van der Waals surface area contributed by atoms with Gasteiger partial charge in [-0.05, 0) is 37.3 Å². The quantitative estimate of drug-likeness (QED) is 0.713. The lowest BCUT2D eigenvalue weighted by molar-refractivity contribution is -0.119. The number of ether oxygens (including phenoxy) is 2. The maximum atomic E-state index is 12.2. The Hall–Kier alpha value is -3.35. The Labute approximate surface area is 143 Å². The number of rotatable bonds is 6. The van der Waals surface area contributed by atoms with Crippen molar-refractivity contribution in [2.24, 2.45) is 5.73 Å². The van der Waals surface area contributed by atoms with Crippen molar-refractivity contribution in [3.63, 3.8) is 0 Å². The van der Waals surface area contributed by atoms with Crippen LogP contribution in [0.1, 0.15) is 6.92 Å². The summed E-state index contributed by atoms with van der Waals surface area (Å²) in [6.45, 7) is 2.00. The number of hydrogen-bond donors (Lipinski definition) is 2. The van der Waals surface area contributed by atoms with E-state index in [4.69, 9.17) is 15.2 Å². The molecule has 25 heavy (non-hydrogen) atoms. The number of aromatic amines is 1. The molecular weight excluding hydrogens is 322 g/mol. The van der Waals surface area contributed by atoms with Gasteiger partial charge in [-0.25, -0.2) is 4.98 Å². The SMILES string of the molecule is CCOc1cc(-c2nc3ccccc3c(=O)[nH]2)ccc1OCC(N)=O. The highest BCUT2D eigenvalue weighted by atomic mass is 16.5. The molecule has 1 amide bonds. The number of amides is 1. The summed E-state index contributed by atoms with van der Waals surface area (Å²) in [6, 6.07) is 12.2. The van der Waals surface area contributed by atoms with Crippen LogP contribution in [0.4, 0.5) is 0 Å². The van der Waals surface area contributed by atoms with Crippen molar-refractivity contribution in [2.45, 2.75) is 6.92 Å². The predicted molar refractivity (Wildman–Crippen MR) is 93.7 cm³/mol. The van der Waals surface area contributed by atoms with E-state index in [0.717, 1.165) is 0 Å². The average Bonchev–Trinajstić information content (AvgIpc) is 2.60. The van der Waals surface area contributed by atoms with Crippen LogP contribution in [0.2, 0.25) is 0 Å². The van der Waals surface area contributed by atoms with Crippen molar-refractivity contribution >= 4 is 16.8 Å². The number of fused-ring (bicyclic) bond motifs is 1. The van der Waals surface area contributed by atoms with Crippen LogP contribution < -0.4 is 20.8 Å². The number of hydrogen-bond acceptors (Lipinski definition) is 5. The second-order valence-corrected chi connectivity index (χ2v) is 5.28. The molecule has 7 heteroatoms. The van der Waals surface area contributed by atoms with Crippen molar-refractivity contribution in [3.05, 3.63) is 52.8 Å². The minimum atomic E-state index is -0.577. The van der Waals surface area contributed by atoms with Crippen LogP contribution >= 0.6 is 0 Å². The molecule has 0 saturated carbocycles. The fraction of sp³-hybridized carbons (Fsp3) is 0.167. The number of nitrogens with two attached hydrogens (primary N) is 1. The monoisotopic (exact) mass is 339 g/mol. The Morgan fingerprint density at radius 1 is 1.16 bits per heavy atom. The standard InChI is InChI=1S/C18H17N3O4/c1-2-24-15-9-11(7-8-14(15)25-10-16(19)22)17-20-13-6-4-3-5-12(13)18(23)21-17/h3-9H,2,10H2,1H3,(H2,19,22)(H,20,21,23). The summed E-state index contributed by atoms with van der Waals surface area (Å²) < 4.78 is 10.9. The molecule has 0 aliphatic heterocycles. The lowest BCUT2D eigenvalue weighted by Gasteiger charge is -2.12. The molecule has 0 unspecified atom stereocenters. The summed E-state index contributed by atoms with van der Waals surface area (Å²) in [4.78, 5) is 30.4. The van der Waals surface area contributed by atoms with Crippen LogP contribution in [0.15, 0.2) is 47.3 Å². The number of nitrogens with one attached hydrogen (secondary N) is 1. The fourth-order valence-corrected chi connectivity index (χ4v) is 2.41. The predicted octanol–water partition coefficient (Wildman–Crippen LogP) is 1.85. The van der Waals surface area contributed by atoms with Gasteiger partial charge in [-0.1, -0.05) is 12.1 Å². The summed E-state index contributed by atoms with van der Waals surface area (Å²) >= 11 is 0. The van der Waals surface area contributed by atoms with Gasteiger partial charge in [0.15, 0.2) is 18.1 Å². The van der Waals surface area contributed by atoms with Gasteiger partial charge >= 0.3 is 0 Å². The summed E-state index contributed by atoms with van der Waals surface area (Å²) in [6.07, 6.45) is 0. The van der Waals surface area contributed by atoms with E-state index in [-0.39, 0.29) is 12.2 Å². The van der Waals surface area contributed by atoms with Gasteiger partial charge in [0, 0.05) is 5.56 Å². The molecule has 3 N–H and O–H groups in total. The van der Waals surface area contributed by atoms with E-state index in [1.54, 1.807) is 36.4 Å². The highest BCUT2D eigenvalue weighted by Gasteiger charge is 2.11. The Morgan fingerprint density at radius 2 is 1.96 bits per heavy atom. The van der Waals surface area contributed by atoms with Gasteiger partial charge in [0.2, 0.25) is 0 Å². The average molecular weight is 339 g/mol. The first-order valence-corrected chi connectivity index (χ1v) is 7.76. The molecule has 0 aliphatic rings. The normalized spacial score (nSPS) is 10.6. The third-order valence-corrected chi connectivity index (χ3v) is 3.50. The second-order valence-electron chi connectivity index (χ2n) is 5.28. The van der Waals surface area contributed by atoms with Crippen molar-refractivity contribution < 1.29 is 14.3 Å². The van der Waals surface area contributed by atoms with Crippen LogP contribution in [0.3, 0.4) is 0 Å². The molecule has 0 aliphatic carbocycles. The minimum absolute atomic E-state index is 0.215. The summed E-state index contributed by atoms with van der Waals surface area (Å²) in [7, 11) is 0. The van der Waals surface area contributed by atoms with Crippen LogP contribution in [0.25, 0.3) is 22.3 Å². The summed E-state index contributed by atoms with van der Waals surface area (Å²) in [5.41, 5.74) is 6.15. The van der Waals surface area contributed by atoms with Crippen molar-refractivity contribution in [1.29, 1.82) is 0 Å². The number of carbonyl (C=O) groups is 1. The zero-order chi connectivity index (χ0) is 17.8. The molecule has 128 valence electrons. The summed E-state index contributed by atoms with van der Waals surface area (Å²) in [5.74, 6) is 0.683. The zero-order valence-electron chi connectivity index (χ0n) is 13.6. The molecule has 0 saturated heterocycles. The molecule has 0 bridgehead atoms. The van der Waals surface area contributed by atoms with Gasteiger partial charge in [0.1, 0.15) is 5.82 Å². The Bertz CT molecular complexity index is 981. The van der Waals surface area contributed by atoms with Crippen molar-refractivity contribution in [3.8, 4) is 22.9 Å². The smallest absolute Gasteiger partial charge is 0.259 e. The van der Waals surface area contributed by atoms with Gasteiger partial charge < -0.3 is 20.2 Å². The van der Waals surface area contributed by atoms with Crippen molar-refractivity contribution in [1.82, 2.24) is 9.97 Å². The van der Waals surface area contributed by atoms with Gasteiger partial charge in [0.25, 0.3) is 11.5 Å². The lowest BCUT2D eigenvalue weighted by atomic mass is 10.1. The molecule has 0 spiro atoms. The number of carbonyl (C=O) groups excluding carboxylic acids is 1. The van der Waals surface area contributed by atoms with E-state index in [0.29, 0.717) is 40.4 Å². The van der Waals surface area contributed by atoms with E-state index in [2.05, 4.69) is 9.97 Å².